The lowest BCUT2D eigenvalue weighted by Crippen LogP contribution is -1.87. The van der Waals surface area contributed by atoms with Crippen LogP contribution in [0.3, 0.4) is 0 Å². The smallest absolute Gasteiger partial charge is 0.0470 e. The van der Waals surface area contributed by atoms with Crippen molar-refractivity contribution in [1.82, 2.24) is 4.98 Å². The van der Waals surface area contributed by atoms with E-state index in [2.05, 4.69) is 53.0 Å². The lowest BCUT2D eigenvalue weighted by molar-refractivity contribution is 1.05. The third-order valence-electron chi connectivity index (χ3n) is 2.48. The first-order valence-electron chi connectivity index (χ1n) is 5.60. The van der Waals surface area contributed by atoms with E-state index in [0.29, 0.717) is 0 Å². The van der Waals surface area contributed by atoms with Gasteiger partial charge in [-0.1, -0.05) is 35.8 Å². The molecule has 2 rings (SSSR count). The summed E-state index contributed by atoms with van der Waals surface area (Å²) in [4.78, 5) is 3.42. The highest BCUT2D eigenvalue weighted by molar-refractivity contribution is 9.10. The number of H-pyrrole nitrogens is 1. The van der Waals surface area contributed by atoms with Gasteiger partial charge in [-0.15, -0.1) is 0 Å². The van der Waals surface area contributed by atoms with Gasteiger partial charge in [0.15, 0.2) is 0 Å². The number of hydrogen-bond donors (Lipinski definition) is 2. The molecular formula is C13H19BrN2. The van der Waals surface area contributed by atoms with Crippen molar-refractivity contribution in [2.24, 2.45) is 5.73 Å². The second-order valence-corrected chi connectivity index (χ2v) is 4.60. The molecule has 0 saturated heterocycles. The maximum absolute atomic E-state index is 4.85. The maximum atomic E-state index is 4.85. The van der Waals surface area contributed by atoms with Crippen molar-refractivity contribution < 1.29 is 0 Å². The molecule has 1 aromatic heterocycles. The molecular weight excluding hydrogens is 264 g/mol. The molecule has 16 heavy (non-hydrogen) atoms. The molecule has 0 saturated carbocycles. The molecule has 1 aromatic carbocycles. The fraction of sp³-hybridized carbons (Fsp3) is 0.385. The number of halogens is 1. The zero-order chi connectivity index (χ0) is 12.1. The number of nitrogens with two attached hydrogens (primary N) is 1. The summed E-state index contributed by atoms with van der Waals surface area (Å²) in [6, 6.07) is 6.37. The third-order valence-corrected chi connectivity index (χ3v) is 2.97. The Hall–Kier alpha value is -0.800. The van der Waals surface area contributed by atoms with Gasteiger partial charge >= 0.3 is 0 Å². The van der Waals surface area contributed by atoms with Crippen LogP contribution in [0.2, 0.25) is 0 Å². The Balaban J connectivity index is 0.000000386. The number of nitrogens with one attached hydrogen (secondary N) is 1. The van der Waals surface area contributed by atoms with Crippen LogP contribution >= 0.6 is 15.9 Å². The molecule has 0 spiro atoms. The van der Waals surface area contributed by atoms with Crippen molar-refractivity contribution in [3.63, 3.8) is 0 Å². The number of aromatic nitrogens is 1. The number of rotatable bonds is 1. The van der Waals surface area contributed by atoms with E-state index in [9.17, 15) is 0 Å². The predicted octanol–water partition coefficient (Wildman–Crippen LogP) is 3.77. The topological polar surface area (TPSA) is 41.8 Å². The molecule has 0 aliphatic carbocycles. The van der Waals surface area contributed by atoms with Gasteiger partial charge in [-0.25, -0.2) is 0 Å². The highest BCUT2D eigenvalue weighted by atomic mass is 79.9. The van der Waals surface area contributed by atoms with Gasteiger partial charge < -0.3 is 10.7 Å². The molecule has 1 heterocycles. The van der Waals surface area contributed by atoms with Crippen LogP contribution in [-0.2, 0) is 6.42 Å². The monoisotopic (exact) mass is 282 g/mol. The third kappa shape index (κ3) is 2.86. The Bertz CT molecular complexity index is 460. The Labute approximate surface area is 105 Å². The second kappa shape index (κ2) is 6.06. The number of aryl methyl sites for hydroxylation is 2. The van der Waals surface area contributed by atoms with Gasteiger partial charge in [0, 0.05) is 21.1 Å². The van der Waals surface area contributed by atoms with Gasteiger partial charge in [-0.3, -0.25) is 0 Å². The van der Waals surface area contributed by atoms with E-state index in [1.807, 2.05) is 6.92 Å². The minimum atomic E-state index is 0.750. The summed E-state index contributed by atoms with van der Waals surface area (Å²) in [5, 5.41) is 1.33. The van der Waals surface area contributed by atoms with Crippen molar-refractivity contribution >= 4 is 26.8 Å². The zero-order valence-corrected chi connectivity index (χ0v) is 11.7. The van der Waals surface area contributed by atoms with E-state index >= 15 is 0 Å². The number of fused-ring (bicyclic) bond motifs is 1. The quantitative estimate of drug-likeness (QED) is 0.822. The number of aromatic amines is 1. The molecule has 3 heteroatoms. The second-order valence-electron chi connectivity index (χ2n) is 3.68. The zero-order valence-electron chi connectivity index (χ0n) is 10.1. The van der Waals surface area contributed by atoms with Crippen LogP contribution < -0.4 is 5.73 Å². The van der Waals surface area contributed by atoms with E-state index in [4.69, 9.17) is 5.73 Å². The molecule has 2 nitrogen and oxygen atoms in total. The Morgan fingerprint density at radius 1 is 1.31 bits per heavy atom. The van der Waals surface area contributed by atoms with Gasteiger partial charge in [0.1, 0.15) is 0 Å². The van der Waals surface area contributed by atoms with Crippen LogP contribution in [0.5, 0.6) is 0 Å². The minimum absolute atomic E-state index is 0.750. The van der Waals surface area contributed by atoms with E-state index in [0.717, 1.165) is 17.4 Å². The first-order chi connectivity index (χ1) is 7.63. The highest BCUT2D eigenvalue weighted by Crippen LogP contribution is 2.24. The van der Waals surface area contributed by atoms with E-state index in [1.165, 1.54) is 22.2 Å². The number of benzene rings is 1. The maximum Gasteiger partial charge on any atom is 0.0470 e. The van der Waals surface area contributed by atoms with Crippen LogP contribution in [0, 0.1) is 6.92 Å². The molecule has 0 radical (unpaired) electrons. The summed E-state index contributed by atoms with van der Waals surface area (Å²) in [6.07, 6.45) is 1.07. The predicted molar refractivity (Wildman–Crippen MR) is 74.8 cm³/mol. The Kier molecular flexibility index (Phi) is 5.03. The average molecular weight is 283 g/mol. The molecule has 0 fully saturated rings. The Morgan fingerprint density at radius 2 is 1.94 bits per heavy atom. The summed E-state index contributed by atoms with van der Waals surface area (Å²) in [5.74, 6) is 0. The standard InChI is InChI=1S/C11H12BrN.C2H7N/c1-3-10-7(2)9-5-4-8(12)6-11(9)13-10;1-2-3/h4-6,13H,3H2,1-2H3;2-3H2,1H3. The SMILES string of the molecule is CCN.CCc1[nH]c2cc(Br)ccc2c1C. The highest BCUT2D eigenvalue weighted by Gasteiger charge is 2.05. The van der Waals surface area contributed by atoms with Crippen LogP contribution in [0.1, 0.15) is 25.1 Å². The van der Waals surface area contributed by atoms with Crippen LogP contribution in [0.25, 0.3) is 10.9 Å². The Morgan fingerprint density at radius 3 is 2.50 bits per heavy atom. The van der Waals surface area contributed by atoms with Crippen molar-refractivity contribution in [3.8, 4) is 0 Å². The first kappa shape index (κ1) is 13.3. The normalized spacial score (nSPS) is 10.1. The van der Waals surface area contributed by atoms with Crippen molar-refractivity contribution in [2.75, 3.05) is 6.54 Å². The van der Waals surface area contributed by atoms with Crippen LogP contribution in [0.15, 0.2) is 22.7 Å². The molecule has 0 bridgehead atoms. The van der Waals surface area contributed by atoms with Gasteiger partial charge in [0.25, 0.3) is 0 Å². The van der Waals surface area contributed by atoms with Crippen molar-refractivity contribution in [1.29, 1.82) is 0 Å². The van der Waals surface area contributed by atoms with Gasteiger partial charge in [-0.2, -0.15) is 0 Å². The number of hydrogen-bond acceptors (Lipinski definition) is 1. The fourth-order valence-corrected chi connectivity index (χ4v) is 2.08. The lowest BCUT2D eigenvalue weighted by Gasteiger charge is -1.92. The van der Waals surface area contributed by atoms with Crippen molar-refractivity contribution in [3.05, 3.63) is 33.9 Å². The molecule has 0 amide bonds. The summed E-state index contributed by atoms with van der Waals surface area (Å²) in [7, 11) is 0. The van der Waals surface area contributed by atoms with Gasteiger partial charge in [0.05, 0.1) is 0 Å². The lowest BCUT2D eigenvalue weighted by atomic mass is 10.1. The summed E-state index contributed by atoms with van der Waals surface area (Å²) in [6.45, 7) is 7.00. The van der Waals surface area contributed by atoms with E-state index in [1.54, 1.807) is 0 Å². The molecule has 0 unspecified atom stereocenters. The van der Waals surface area contributed by atoms with Gasteiger partial charge in [0.2, 0.25) is 0 Å². The van der Waals surface area contributed by atoms with E-state index < -0.39 is 0 Å². The summed E-state index contributed by atoms with van der Waals surface area (Å²) < 4.78 is 1.13. The minimum Gasteiger partial charge on any atom is -0.358 e. The van der Waals surface area contributed by atoms with Gasteiger partial charge in [-0.05, 0) is 37.6 Å². The van der Waals surface area contributed by atoms with E-state index in [-0.39, 0.29) is 0 Å². The average Bonchev–Trinajstić information content (AvgIpc) is 2.56. The van der Waals surface area contributed by atoms with Crippen molar-refractivity contribution in [2.45, 2.75) is 27.2 Å². The molecule has 88 valence electrons. The molecule has 0 aliphatic heterocycles. The molecule has 0 atom stereocenters. The molecule has 0 aliphatic rings. The summed E-state index contributed by atoms with van der Waals surface area (Å²) >= 11 is 3.47. The fourth-order valence-electron chi connectivity index (χ4n) is 1.72. The van der Waals surface area contributed by atoms with Crippen LogP contribution in [0.4, 0.5) is 0 Å². The summed E-state index contributed by atoms with van der Waals surface area (Å²) in [5.41, 5.74) is 8.79. The van der Waals surface area contributed by atoms with Crippen LogP contribution in [-0.4, -0.2) is 11.5 Å². The first-order valence-corrected chi connectivity index (χ1v) is 6.40. The molecule has 2 aromatic rings. The molecule has 3 N–H and O–H groups in total. The largest absolute Gasteiger partial charge is 0.358 e.